The van der Waals surface area contributed by atoms with Gasteiger partial charge >= 0.3 is 0 Å². The standard InChI is InChI=1S/C14H21ClN2S/c1-13(2)7-14(8-16,10-18-9-13)17-12-5-3-11(15)4-6-12/h3-6,17H,7-10,16H2,1-2H3. The lowest BCUT2D eigenvalue weighted by Gasteiger charge is -2.45. The molecule has 1 aliphatic rings. The maximum Gasteiger partial charge on any atom is 0.0591 e. The number of thioether (sulfide) groups is 1. The summed E-state index contributed by atoms with van der Waals surface area (Å²) < 4.78 is 0. The summed E-state index contributed by atoms with van der Waals surface area (Å²) in [6.45, 7) is 5.28. The summed E-state index contributed by atoms with van der Waals surface area (Å²) in [6.07, 6.45) is 1.10. The topological polar surface area (TPSA) is 38.0 Å². The van der Waals surface area contributed by atoms with Crippen molar-refractivity contribution in [3.05, 3.63) is 29.3 Å². The second kappa shape index (κ2) is 5.32. The van der Waals surface area contributed by atoms with Gasteiger partial charge in [0.1, 0.15) is 0 Å². The highest BCUT2D eigenvalue weighted by Crippen LogP contribution is 2.40. The Kier molecular flexibility index (Phi) is 4.15. The lowest BCUT2D eigenvalue weighted by Crippen LogP contribution is -2.53. The third kappa shape index (κ3) is 3.34. The van der Waals surface area contributed by atoms with Gasteiger partial charge in [0.25, 0.3) is 0 Å². The van der Waals surface area contributed by atoms with E-state index in [0.29, 0.717) is 12.0 Å². The van der Waals surface area contributed by atoms with Crippen LogP contribution in [0.1, 0.15) is 20.3 Å². The molecule has 0 radical (unpaired) electrons. The normalized spacial score (nSPS) is 26.9. The first-order valence-corrected chi connectivity index (χ1v) is 7.80. The highest BCUT2D eigenvalue weighted by molar-refractivity contribution is 7.99. The molecule has 1 unspecified atom stereocenters. The number of rotatable bonds is 3. The van der Waals surface area contributed by atoms with Crippen LogP contribution in [0.2, 0.25) is 5.02 Å². The molecule has 0 bridgehead atoms. The molecule has 2 nitrogen and oxygen atoms in total. The molecule has 18 heavy (non-hydrogen) atoms. The van der Waals surface area contributed by atoms with E-state index in [1.165, 1.54) is 5.75 Å². The zero-order valence-electron chi connectivity index (χ0n) is 11.0. The minimum absolute atomic E-state index is 0.000244. The molecular weight excluding hydrogens is 264 g/mol. The minimum Gasteiger partial charge on any atom is -0.377 e. The molecular formula is C14H21ClN2S. The Balaban J connectivity index is 2.15. The van der Waals surface area contributed by atoms with Gasteiger partial charge in [-0.2, -0.15) is 11.8 Å². The summed E-state index contributed by atoms with van der Waals surface area (Å²) in [5.41, 5.74) is 7.47. The van der Waals surface area contributed by atoms with Gasteiger partial charge in [0, 0.05) is 23.0 Å². The second-order valence-corrected chi connectivity index (χ2v) is 7.37. The van der Waals surface area contributed by atoms with Crippen LogP contribution in [0.15, 0.2) is 24.3 Å². The van der Waals surface area contributed by atoms with Crippen LogP contribution >= 0.6 is 23.4 Å². The first kappa shape index (κ1) is 14.0. The summed E-state index contributed by atoms with van der Waals surface area (Å²) in [7, 11) is 0. The predicted octanol–water partition coefficient (Wildman–Crippen LogP) is 3.61. The molecule has 0 spiro atoms. The smallest absolute Gasteiger partial charge is 0.0591 e. The summed E-state index contributed by atoms with van der Waals surface area (Å²) in [4.78, 5) is 0. The molecule has 100 valence electrons. The minimum atomic E-state index is 0.000244. The fourth-order valence-corrected chi connectivity index (χ4v) is 4.21. The van der Waals surface area contributed by atoms with E-state index in [-0.39, 0.29) is 5.54 Å². The van der Waals surface area contributed by atoms with Gasteiger partial charge in [-0.1, -0.05) is 25.4 Å². The third-order valence-corrected chi connectivity index (χ3v) is 5.33. The number of halogens is 1. The zero-order chi connectivity index (χ0) is 13.2. The van der Waals surface area contributed by atoms with Gasteiger partial charge in [0.05, 0.1) is 5.54 Å². The molecule has 1 aliphatic heterocycles. The van der Waals surface area contributed by atoms with Crippen molar-refractivity contribution in [2.45, 2.75) is 25.8 Å². The van der Waals surface area contributed by atoms with E-state index in [1.54, 1.807) is 0 Å². The van der Waals surface area contributed by atoms with E-state index in [2.05, 4.69) is 19.2 Å². The van der Waals surface area contributed by atoms with Crippen molar-refractivity contribution in [1.82, 2.24) is 0 Å². The van der Waals surface area contributed by atoms with Crippen LogP contribution in [0.4, 0.5) is 5.69 Å². The Hall–Kier alpha value is -0.380. The van der Waals surface area contributed by atoms with Crippen molar-refractivity contribution in [3.63, 3.8) is 0 Å². The molecule has 1 aromatic carbocycles. The van der Waals surface area contributed by atoms with Crippen LogP contribution in [-0.2, 0) is 0 Å². The molecule has 0 saturated carbocycles. The molecule has 4 heteroatoms. The van der Waals surface area contributed by atoms with E-state index < -0.39 is 0 Å². The number of benzene rings is 1. The van der Waals surface area contributed by atoms with Gasteiger partial charge in [0.15, 0.2) is 0 Å². The number of anilines is 1. The van der Waals surface area contributed by atoms with Crippen LogP contribution in [0.3, 0.4) is 0 Å². The number of hydrogen-bond acceptors (Lipinski definition) is 3. The molecule has 0 amide bonds. The van der Waals surface area contributed by atoms with Gasteiger partial charge in [-0.15, -0.1) is 0 Å². The molecule has 0 aromatic heterocycles. The number of nitrogens with two attached hydrogens (primary N) is 1. The quantitative estimate of drug-likeness (QED) is 0.890. The van der Waals surface area contributed by atoms with E-state index in [4.69, 9.17) is 17.3 Å². The average Bonchev–Trinajstić information content (AvgIpc) is 2.31. The van der Waals surface area contributed by atoms with Crippen LogP contribution < -0.4 is 11.1 Å². The maximum atomic E-state index is 6.04. The van der Waals surface area contributed by atoms with E-state index >= 15 is 0 Å². The van der Waals surface area contributed by atoms with Crippen molar-refractivity contribution >= 4 is 29.1 Å². The third-order valence-electron chi connectivity index (χ3n) is 3.33. The summed E-state index contributed by atoms with van der Waals surface area (Å²) in [6, 6.07) is 7.86. The van der Waals surface area contributed by atoms with Crippen molar-refractivity contribution in [1.29, 1.82) is 0 Å². The van der Waals surface area contributed by atoms with Crippen LogP contribution in [0.25, 0.3) is 0 Å². The summed E-state index contributed by atoms with van der Waals surface area (Å²) in [5, 5.41) is 4.39. The van der Waals surface area contributed by atoms with Gasteiger partial charge in [-0.3, -0.25) is 0 Å². The van der Waals surface area contributed by atoms with Crippen LogP contribution in [-0.4, -0.2) is 23.6 Å². The maximum absolute atomic E-state index is 6.04. The second-order valence-electron chi connectivity index (χ2n) is 5.95. The van der Waals surface area contributed by atoms with Gasteiger partial charge < -0.3 is 11.1 Å². The van der Waals surface area contributed by atoms with Gasteiger partial charge in [-0.25, -0.2) is 0 Å². The molecule has 1 aromatic rings. The Labute approximate surface area is 119 Å². The predicted molar refractivity (Wildman–Crippen MR) is 82.6 cm³/mol. The van der Waals surface area contributed by atoms with E-state index in [1.807, 2.05) is 36.0 Å². The molecule has 2 rings (SSSR count). The highest BCUT2D eigenvalue weighted by Gasteiger charge is 2.39. The lowest BCUT2D eigenvalue weighted by molar-refractivity contribution is 0.290. The zero-order valence-corrected chi connectivity index (χ0v) is 12.6. The molecule has 1 atom stereocenters. The Bertz CT molecular complexity index is 405. The van der Waals surface area contributed by atoms with Crippen molar-refractivity contribution < 1.29 is 0 Å². The van der Waals surface area contributed by atoms with Crippen molar-refractivity contribution in [3.8, 4) is 0 Å². The van der Waals surface area contributed by atoms with Gasteiger partial charge in [0.2, 0.25) is 0 Å². The monoisotopic (exact) mass is 284 g/mol. The summed E-state index contributed by atoms with van der Waals surface area (Å²) >= 11 is 7.90. The lowest BCUT2D eigenvalue weighted by atomic mass is 9.79. The Morgan fingerprint density at radius 2 is 1.94 bits per heavy atom. The SMILES string of the molecule is CC1(C)CSCC(CN)(Nc2ccc(Cl)cc2)C1. The molecule has 3 N–H and O–H groups in total. The Morgan fingerprint density at radius 3 is 2.50 bits per heavy atom. The molecule has 0 aliphatic carbocycles. The van der Waals surface area contributed by atoms with Crippen LogP contribution in [0.5, 0.6) is 0 Å². The number of hydrogen-bond donors (Lipinski definition) is 2. The largest absolute Gasteiger partial charge is 0.377 e. The fraction of sp³-hybridized carbons (Fsp3) is 0.571. The summed E-state index contributed by atoms with van der Waals surface area (Å²) in [5.74, 6) is 2.27. The van der Waals surface area contributed by atoms with Crippen molar-refractivity contribution in [2.75, 3.05) is 23.4 Å². The van der Waals surface area contributed by atoms with Gasteiger partial charge in [-0.05, 0) is 41.9 Å². The highest BCUT2D eigenvalue weighted by atomic mass is 35.5. The van der Waals surface area contributed by atoms with E-state index in [0.717, 1.165) is 22.9 Å². The van der Waals surface area contributed by atoms with Crippen LogP contribution in [0, 0.1) is 5.41 Å². The fourth-order valence-electron chi connectivity index (χ4n) is 2.64. The first-order chi connectivity index (χ1) is 8.45. The Morgan fingerprint density at radius 1 is 1.28 bits per heavy atom. The first-order valence-electron chi connectivity index (χ1n) is 6.26. The molecule has 1 saturated heterocycles. The average molecular weight is 285 g/mol. The molecule has 1 heterocycles. The molecule has 1 fully saturated rings. The van der Waals surface area contributed by atoms with Crippen molar-refractivity contribution in [2.24, 2.45) is 11.1 Å². The van der Waals surface area contributed by atoms with E-state index in [9.17, 15) is 0 Å². The number of nitrogens with one attached hydrogen (secondary N) is 1.